The Morgan fingerprint density at radius 3 is 2.56 bits per heavy atom. The minimum Gasteiger partial charge on any atom is -0.463 e. The van der Waals surface area contributed by atoms with Crippen LogP contribution in [-0.4, -0.2) is 18.5 Å². The number of rotatable bonds is 7. The maximum absolute atomic E-state index is 13.5. The lowest BCUT2D eigenvalue weighted by molar-refractivity contribution is -0.138. The molecule has 0 bridgehead atoms. The summed E-state index contributed by atoms with van der Waals surface area (Å²) in [5, 5.41) is 2.90. The number of nitrogens with one attached hydrogen (secondary N) is 1. The Morgan fingerprint density at radius 1 is 1.10 bits per heavy atom. The molecule has 0 aliphatic rings. The highest BCUT2D eigenvalue weighted by Crippen LogP contribution is 2.37. The van der Waals surface area contributed by atoms with Gasteiger partial charge in [0.25, 0.3) is 0 Å². The minimum absolute atomic E-state index is 0.126. The molecular weight excluding hydrogens is 566 g/mol. The third-order valence-corrected chi connectivity index (χ3v) is 6.46. The monoisotopic (exact) mass is 587 g/mol. The van der Waals surface area contributed by atoms with Crippen LogP contribution in [0.2, 0.25) is 5.02 Å². The average molecular weight is 588 g/mol. The first-order chi connectivity index (χ1) is 19.4. The molecule has 11 heteroatoms. The molecule has 4 aromatic rings. The Bertz CT molecular complexity index is 1740. The van der Waals surface area contributed by atoms with E-state index in [1.807, 2.05) is 0 Å². The molecule has 0 unspecified atom stereocenters. The zero-order chi connectivity index (χ0) is 29.9. The number of hydrogen-bond donors (Lipinski definition) is 1. The maximum atomic E-state index is 13.5. The molecule has 4 rings (SSSR count). The number of ether oxygens (including phenoxy) is 1. The second-order valence-electron chi connectivity index (χ2n) is 8.96. The van der Waals surface area contributed by atoms with Gasteiger partial charge in [0.1, 0.15) is 11.4 Å². The van der Waals surface area contributed by atoms with Crippen LogP contribution in [0.4, 0.5) is 23.2 Å². The normalized spacial score (nSPS) is 11.7. The van der Waals surface area contributed by atoms with Crippen LogP contribution in [0.1, 0.15) is 29.2 Å². The fourth-order valence-electron chi connectivity index (χ4n) is 4.23. The van der Waals surface area contributed by atoms with Crippen molar-refractivity contribution in [2.45, 2.75) is 26.4 Å². The van der Waals surface area contributed by atoms with Crippen LogP contribution in [-0.2, 0) is 26.9 Å². The molecule has 0 saturated heterocycles. The number of aryl methyl sites for hydroxylation is 1. The molecule has 1 N–H and O–H groups in total. The molecule has 0 saturated carbocycles. The molecule has 1 aromatic heterocycles. The molecule has 0 aliphatic heterocycles. The highest BCUT2D eigenvalue weighted by molar-refractivity contribution is 6.32. The van der Waals surface area contributed by atoms with Gasteiger partial charge in [0.15, 0.2) is 0 Å². The predicted octanol–water partition coefficient (Wildman–Crippen LogP) is 7.34. The van der Waals surface area contributed by atoms with Gasteiger partial charge in [0, 0.05) is 28.1 Å². The zero-order valence-corrected chi connectivity index (χ0v) is 22.5. The van der Waals surface area contributed by atoms with Crippen molar-refractivity contribution in [1.29, 1.82) is 0 Å². The van der Waals surface area contributed by atoms with E-state index < -0.39 is 47.2 Å². The molecule has 0 atom stereocenters. The number of anilines is 1. The van der Waals surface area contributed by atoms with E-state index in [-0.39, 0.29) is 23.8 Å². The Morgan fingerprint density at radius 2 is 1.85 bits per heavy atom. The fourth-order valence-corrected chi connectivity index (χ4v) is 4.38. The largest absolute Gasteiger partial charge is 0.463 e. The Kier molecular flexibility index (Phi) is 8.63. The molecule has 0 radical (unpaired) electrons. The van der Waals surface area contributed by atoms with Gasteiger partial charge in [-0.2, -0.15) is 13.2 Å². The van der Waals surface area contributed by atoms with E-state index in [1.165, 1.54) is 18.2 Å². The van der Waals surface area contributed by atoms with E-state index >= 15 is 0 Å². The van der Waals surface area contributed by atoms with Crippen LogP contribution in [0.15, 0.2) is 69.9 Å². The zero-order valence-electron chi connectivity index (χ0n) is 21.7. The van der Waals surface area contributed by atoms with E-state index in [9.17, 15) is 31.9 Å². The van der Waals surface area contributed by atoms with Gasteiger partial charge in [-0.15, -0.1) is 0 Å². The van der Waals surface area contributed by atoms with Crippen molar-refractivity contribution in [3.8, 4) is 11.1 Å². The Balaban J connectivity index is 1.82. The molecule has 212 valence electrons. The highest BCUT2D eigenvalue weighted by atomic mass is 35.5. The second-order valence-corrected chi connectivity index (χ2v) is 9.37. The lowest BCUT2D eigenvalue weighted by Gasteiger charge is -2.16. The van der Waals surface area contributed by atoms with Gasteiger partial charge in [-0.3, -0.25) is 4.79 Å². The molecule has 1 amide bonds. The molecule has 6 nitrogen and oxygen atoms in total. The Labute approximate surface area is 236 Å². The first kappa shape index (κ1) is 29.5. The van der Waals surface area contributed by atoms with Gasteiger partial charge < -0.3 is 14.5 Å². The summed E-state index contributed by atoms with van der Waals surface area (Å²) in [6.45, 7) is 3.60. The van der Waals surface area contributed by atoms with E-state index in [2.05, 4.69) is 5.32 Å². The second kappa shape index (κ2) is 12.0. The van der Waals surface area contributed by atoms with Crippen LogP contribution < -0.4 is 10.9 Å². The SMILES string of the molecule is CCOC(=O)/C=C/c1cccc(-c2c(CC(=O)Nc3ccc(F)cc3C(F)(F)F)c(=O)oc3cc(Cl)c(C)cc23)c1. The predicted molar refractivity (Wildman–Crippen MR) is 147 cm³/mol. The van der Waals surface area contributed by atoms with Crippen molar-refractivity contribution in [2.24, 2.45) is 0 Å². The van der Waals surface area contributed by atoms with Crippen molar-refractivity contribution in [1.82, 2.24) is 0 Å². The topological polar surface area (TPSA) is 85.6 Å². The summed E-state index contributed by atoms with van der Waals surface area (Å²) >= 11 is 6.24. The third-order valence-electron chi connectivity index (χ3n) is 6.05. The van der Waals surface area contributed by atoms with Crippen molar-refractivity contribution in [3.63, 3.8) is 0 Å². The number of halogens is 5. The number of benzene rings is 3. The van der Waals surface area contributed by atoms with Gasteiger partial charge in [-0.1, -0.05) is 29.8 Å². The first-order valence-electron chi connectivity index (χ1n) is 12.2. The standard InChI is InChI=1S/C30H22ClF4NO5/c1-3-40-27(38)10-7-17-5-4-6-18(12-17)28-20-11-16(2)23(31)15-25(20)41-29(39)21(28)14-26(37)36-24-9-8-19(32)13-22(24)30(33,34)35/h4-13,15H,3,14H2,1-2H3,(H,36,37)/b10-7+. The molecule has 0 spiro atoms. The number of hydrogen-bond acceptors (Lipinski definition) is 5. The van der Waals surface area contributed by atoms with E-state index in [0.717, 1.165) is 12.1 Å². The Hall–Kier alpha value is -4.44. The van der Waals surface area contributed by atoms with Crippen molar-refractivity contribution < 1.29 is 36.3 Å². The summed E-state index contributed by atoms with van der Waals surface area (Å²) in [5.74, 6) is -2.64. The molecule has 0 aliphatic carbocycles. The lowest BCUT2D eigenvalue weighted by Crippen LogP contribution is -2.22. The number of carbonyl (C=O) groups excluding carboxylic acids is 2. The van der Waals surface area contributed by atoms with Crippen LogP contribution in [0.25, 0.3) is 28.2 Å². The lowest BCUT2D eigenvalue weighted by atomic mass is 9.93. The number of amides is 1. The molecule has 1 heterocycles. The van der Waals surface area contributed by atoms with Crippen LogP contribution in [0.5, 0.6) is 0 Å². The van der Waals surface area contributed by atoms with Gasteiger partial charge in [0.05, 0.1) is 29.8 Å². The summed E-state index contributed by atoms with van der Waals surface area (Å²) in [6, 6.07) is 11.7. The summed E-state index contributed by atoms with van der Waals surface area (Å²) in [4.78, 5) is 37.9. The number of carbonyl (C=O) groups is 2. The van der Waals surface area contributed by atoms with E-state index in [0.29, 0.717) is 32.7 Å². The molecule has 0 fully saturated rings. The van der Waals surface area contributed by atoms with Crippen molar-refractivity contribution >= 4 is 46.2 Å². The summed E-state index contributed by atoms with van der Waals surface area (Å²) in [7, 11) is 0. The summed E-state index contributed by atoms with van der Waals surface area (Å²) in [6.07, 6.45) is -2.85. The molecule has 3 aromatic carbocycles. The number of esters is 1. The van der Waals surface area contributed by atoms with Crippen molar-refractivity contribution in [2.75, 3.05) is 11.9 Å². The maximum Gasteiger partial charge on any atom is 0.418 e. The molecular formula is C30H22ClF4NO5. The van der Waals surface area contributed by atoms with Gasteiger partial charge >= 0.3 is 17.8 Å². The highest BCUT2D eigenvalue weighted by Gasteiger charge is 2.34. The van der Waals surface area contributed by atoms with E-state index in [1.54, 1.807) is 44.2 Å². The average Bonchev–Trinajstić information content (AvgIpc) is 2.90. The van der Waals surface area contributed by atoms with Crippen LogP contribution in [0, 0.1) is 12.7 Å². The summed E-state index contributed by atoms with van der Waals surface area (Å²) in [5.41, 5.74) is -0.946. The van der Waals surface area contributed by atoms with Crippen LogP contribution in [0.3, 0.4) is 0 Å². The van der Waals surface area contributed by atoms with E-state index in [4.69, 9.17) is 20.8 Å². The smallest absolute Gasteiger partial charge is 0.418 e. The fraction of sp³-hybridized carbons (Fsp3) is 0.167. The van der Waals surface area contributed by atoms with Gasteiger partial charge in [0.2, 0.25) is 5.91 Å². The van der Waals surface area contributed by atoms with Gasteiger partial charge in [-0.05, 0) is 66.9 Å². The third kappa shape index (κ3) is 6.83. The number of alkyl halides is 3. The van der Waals surface area contributed by atoms with Gasteiger partial charge in [-0.25, -0.2) is 14.0 Å². The number of fused-ring (bicyclic) bond motifs is 1. The molecule has 41 heavy (non-hydrogen) atoms. The first-order valence-corrected chi connectivity index (χ1v) is 12.6. The quantitative estimate of drug-likeness (QED) is 0.106. The summed E-state index contributed by atoms with van der Waals surface area (Å²) < 4.78 is 64.3. The minimum atomic E-state index is -4.94. The van der Waals surface area contributed by atoms with Crippen molar-refractivity contribution in [3.05, 3.63) is 104 Å². The van der Waals surface area contributed by atoms with Crippen LogP contribution >= 0.6 is 11.6 Å².